The molecule has 1 N–H and O–H groups in total. The van der Waals surface area contributed by atoms with Crippen LogP contribution in [0, 0.1) is 0 Å². The zero-order chi connectivity index (χ0) is 11.4. The highest BCUT2D eigenvalue weighted by atomic mass is 16.2. The summed E-state index contributed by atoms with van der Waals surface area (Å²) < 4.78 is 1.65. The number of rotatable bonds is 3. The number of hydrogen-bond donors (Lipinski definition) is 1. The molecule has 88 valence electrons. The molecule has 1 saturated heterocycles. The van der Waals surface area contributed by atoms with Crippen molar-refractivity contribution < 1.29 is 4.79 Å². The smallest absolute Gasteiger partial charge is 0.230 e. The minimum absolute atomic E-state index is 0.103. The van der Waals surface area contributed by atoms with Crippen molar-refractivity contribution in [3.63, 3.8) is 0 Å². The van der Waals surface area contributed by atoms with Crippen molar-refractivity contribution in [2.45, 2.75) is 19.9 Å². The monoisotopic (exact) mass is 224 g/mol. The first kappa shape index (κ1) is 11.0. The molecule has 2 heterocycles. The van der Waals surface area contributed by atoms with Gasteiger partial charge < -0.3 is 10.2 Å². The Kier molecular flexibility index (Phi) is 3.45. The number of piperazine rings is 1. The number of nitrogens with one attached hydrogen (secondary N) is 1. The lowest BCUT2D eigenvalue weighted by molar-refractivity contribution is -0.131. The molecule has 0 radical (unpaired) electrons. The number of aromatic nitrogens is 4. The minimum atomic E-state index is 0.103. The molecule has 0 unspecified atom stereocenters. The molecule has 1 aromatic heterocycles. The second-order valence-electron chi connectivity index (χ2n) is 3.72. The summed E-state index contributed by atoms with van der Waals surface area (Å²) in [6.07, 6.45) is 0.292. The second-order valence-corrected chi connectivity index (χ2v) is 3.72. The van der Waals surface area contributed by atoms with E-state index in [1.54, 1.807) is 4.68 Å². The predicted molar refractivity (Wildman–Crippen MR) is 56.6 cm³/mol. The van der Waals surface area contributed by atoms with Gasteiger partial charge in [-0.15, -0.1) is 5.10 Å². The zero-order valence-corrected chi connectivity index (χ0v) is 9.39. The third-order valence-electron chi connectivity index (χ3n) is 2.68. The van der Waals surface area contributed by atoms with Crippen LogP contribution in [0.15, 0.2) is 0 Å². The summed E-state index contributed by atoms with van der Waals surface area (Å²) in [5.74, 6) is 0.747. The fraction of sp³-hybridized carbons (Fsp3) is 0.778. The molecule has 16 heavy (non-hydrogen) atoms. The van der Waals surface area contributed by atoms with Crippen LogP contribution in [0.5, 0.6) is 0 Å². The maximum Gasteiger partial charge on any atom is 0.230 e. The maximum absolute atomic E-state index is 11.9. The van der Waals surface area contributed by atoms with Crippen LogP contribution in [-0.4, -0.2) is 57.2 Å². The van der Waals surface area contributed by atoms with Crippen LogP contribution in [0.3, 0.4) is 0 Å². The third-order valence-corrected chi connectivity index (χ3v) is 2.68. The molecule has 1 aromatic rings. The van der Waals surface area contributed by atoms with Crippen LogP contribution in [0.4, 0.5) is 0 Å². The maximum atomic E-state index is 11.9. The van der Waals surface area contributed by atoms with Crippen molar-refractivity contribution >= 4 is 5.91 Å². The number of nitrogens with zero attached hydrogens (tertiary/aromatic N) is 5. The Hall–Kier alpha value is -1.50. The molecule has 0 aliphatic carbocycles. The summed E-state index contributed by atoms with van der Waals surface area (Å²) in [4.78, 5) is 13.8. The lowest BCUT2D eigenvalue weighted by atomic mass is 10.3. The van der Waals surface area contributed by atoms with E-state index in [-0.39, 0.29) is 5.91 Å². The first-order chi connectivity index (χ1) is 7.81. The van der Waals surface area contributed by atoms with Gasteiger partial charge in [0.05, 0.1) is 6.42 Å². The number of carbonyl (C=O) groups excluding carboxylic acids is 1. The molecule has 0 saturated carbocycles. The van der Waals surface area contributed by atoms with E-state index >= 15 is 0 Å². The summed E-state index contributed by atoms with van der Waals surface area (Å²) in [5.41, 5.74) is 0. The number of hydrogen-bond acceptors (Lipinski definition) is 5. The van der Waals surface area contributed by atoms with Crippen LogP contribution < -0.4 is 5.32 Å². The summed E-state index contributed by atoms with van der Waals surface area (Å²) in [5, 5.41) is 14.4. The molecule has 0 aromatic carbocycles. The zero-order valence-electron chi connectivity index (χ0n) is 9.39. The highest BCUT2D eigenvalue weighted by molar-refractivity contribution is 5.78. The SMILES string of the molecule is CCn1nnnc1CC(=O)N1CCNCC1. The first-order valence-corrected chi connectivity index (χ1v) is 5.54. The van der Waals surface area contributed by atoms with Crippen molar-refractivity contribution in [3.05, 3.63) is 5.82 Å². The largest absolute Gasteiger partial charge is 0.340 e. The van der Waals surface area contributed by atoms with Gasteiger partial charge in [-0.05, 0) is 17.4 Å². The minimum Gasteiger partial charge on any atom is -0.340 e. The Balaban J connectivity index is 1.95. The van der Waals surface area contributed by atoms with Gasteiger partial charge in [0.25, 0.3) is 0 Å². The molecular weight excluding hydrogens is 208 g/mol. The number of amides is 1. The summed E-state index contributed by atoms with van der Waals surface area (Å²) >= 11 is 0. The fourth-order valence-corrected chi connectivity index (χ4v) is 1.76. The van der Waals surface area contributed by atoms with Gasteiger partial charge in [0.15, 0.2) is 5.82 Å². The standard InChI is InChI=1S/C9H16N6O/c1-2-15-8(11-12-13-15)7-9(16)14-5-3-10-4-6-14/h10H,2-7H2,1H3. The molecule has 1 aliphatic heterocycles. The average Bonchev–Trinajstić information content (AvgIpc) is 2.77. The predicted octanol–water partition coefficient (Wildman–Crippen LogP) is -1.33. The van der Waals surface area contributed by atoms with E-state index < -0.39 is 0 Å². The van der Waals surface area contributed by atoms with Crippen molar-refractivity contribution in [2.75, 3.05) is 26.2 Å². The fourth-order valence-electron chi connectivity index (χ4n) is 1.76. The van der Waals surface area contributed by atoms with Crippen molar-refractivity contribution in [1.82, 2.24) is 30.4 Å². The summed E-state index contributed by atoms with van der Waals surface area (Å²) in [6, 6.07) is 0. The van der Waals surface area contributed by atoms with Crippen LogP contribution in [0.1, 0.15) is 12.7 Å². The number of carbonyl (C=O) groups is 1. The van der Waals surface area contributed by atoms with Gasteiger partial charge >= 0.3 is 0 Å². The quantitative estimate of drug-likeness (QED) is 0.688. The topological polar surface area (TPSA) is 75.9 Å². The average molecular weight is 224 g/mol. The van der Waals surface area contributed by atoms with E-state index in [9.17, 15) is 4.79 Å². The van der Waals surface area contributed by atoms with Crippen molar-refractivity contribution in [1.29, 1.82) is 0 Å². The van der Waals surface area contributed by atoms with Gasteiger partial charge in [0.2, 0.25) is 5.91 Å². The van der Waals surface area contributed by atoms with Crippen LogP contribution >= 0.6 is 0 Å². The van der Waals surface area contributed by atoms with Gasteiger partial charge in [0.1, 0.15) is 0 Å². The highest BCUT2D eigenvalue weighted by Crippen LogP contribution is 2.00. The molecule has 2 rings (SSSR count). The second kappa shape index (κ2) is 5.02. The normalized spacial score (nSPS) is 16.4. The lowest BCUT2D eigenvalue weighted by Gasteiger charge is -2.27. The third kappa shape index (κ3) is 2.35. The number of aryl methyl sites for hydroxylation is 1. The summed E-state index contributed by atoms with van der Waals surface area (Å²) in [6.45, 7) is 5.92. The summed E-state index contributed by atoms with van der Waals surface area (Å²) in [7, 11) is 0. The molecule has 1 aliphatic rings. The van der Waals surface area contributed by atoms with Gasteiger partial charge in [0, 0.05) is 32.7 Å². The first-order valence-electron chi connectivity index (χ1n) is 5.54. The van der Waals surface area contributed by atoms with E-state index in [2.05, 4.69) is 20.8 Å². The molecule has 7 nitrogen and oxygen atoms in total. The van der Waals surface area contributed by atoms with Crippen molar-refractivity contribution in [2.24, 2.45) is 0 Å². The van der Waals surface area contributed by atoms with E-state index in [0.717, 1.165) is 26.2 Å². The number of tetrazole rings is 1. The Morgan fingerprint density at radius 1 is 1.44 bits per heavy atom. The van der Waals surface area contributed by atoms with Gasteiger partial charge in [-0.1, -0.05) is 0 Å². The molecular formula is C9H16N6O. The van der Waals surface area contributed by atoms with Gasteiger partial charge in [-0.2, -0.15) is 0 Å². The lowest BCUT2D eigenvalue weighted by Crippen LogP contribution is -2.47. The van der Waals surface area contributed by atoms with Crippen LogP contribution in [-0.2, 0) is 17.8 Å². The Morgan fingerprint density at radius 3 is 2.88 bits per heavy atom. The van der Waals surface area contributed by atoms with Crippen LogP contribution in [0.2, 0.25) is 0 Å². The van der Waals surface area contributed by atoms with E-state index in [1.807, 2.05) is 11.8 Å². The van der Waals surface area contributed by atoms with E-state index in [4.69, 9.17) is 0 Å². The molecule has 0 bridgehead atoms. The molecule has 0 spiro atoms. The van der Waals surface area contributed by atoms with Gasteiger partial charge in [-0.25, -0.2) is 4.68 Å². The Bertz CT molecular complexity index is 357. The van der Waals surface area contributed by atoms with Gasteiger partial charge in [-0.3, -0.25) is 4.79 Å². The highest BCUT2D eigenvalue weighted by Gasteiger charge is 2.18. The Labute approximate surface area is 93.8 Å². The Morgan fingerprint density at radius 2 is 2.19 bits per heavy atom. The molecule has 1 amide bonds. The molecule has 0 atom stereocenters. The van der Waals surface area contributed by atoms with Crippen molar-refractivity contribution in [3.8, 4) is 0 Å². The van der Waals surface area contributed by atoms with E-state index in [1.165, 1.54) is 0 Å². The molecule has 1 fully saturated rings. The van der Waals surface area contributed by atoms with E-state index in [0.29, 0.717) is 18.8 Å². The molecule has 7 heteroatoms. The van der Waals surface area contributed by atoms with Crippen LogP contribution in [0.25, 0.3) is 0 Å².